The van der Waals surface area contributed by atoms with E-state index in [2.05, 4.69) is 10.3 Å². The van der Waals surface area contributed by atoms with Gasteiger partial charge >= 0.3 is 0 Å². The molecule has 36 heavy (non-hydrogen) atoms. The number of hydrogen-bond donors (Lipinski definition) is 2. The predicted molar refractivity (Wildman–Crippen MR) is 137 cm³/mol. The van der Waals surface area contributed by atoms with Gasteiger partial charge < -0.3 is 14.5 Å². The predicted octanol–water partition coefficient (Wildman–Crippen LogP) is 3.21. The number of imidazole rings is 1. The lowest BCUT2D eigenvalue weighted by atomic mass is 10.1. The van der Waals surface area contributed by atoms with Gasteiger partial charge in [0, 0.05) is 31.7 Å². The van der Waals surface area contributed by atoms with E-state index in [-0.39, 0.29) is 22.7 Å². The lowest BCUT2D eigenvalue weighted by Crippen LogP contribution is -2.36. The van der Waals surface area contributed by atoms with Crippen molar-refractivity contribution in [3.63, 3.8) is 0 Å². The number of carbonyl (C=O) groups excluding carboxylic acids is 1. The Bertz CT molecular complexity index is 1670. The number of aromatic nitrogens is 5. The van der Waals surface area contributed by atoms with Crippen LogP contribution in [0.25, 0.3) is 16.7 Å². The molecule has 0 radical (unpaired) electrons. The number of rotatable bonds is 7. The van der Waals surface area contributed by atoms with Crippen LogP contribution in [-0.2, 0) is 13.1 Å². The van der Waals surface area contributed by atoms with Crippen LogP contribution in [0.1, 0.15) is 40.9 Å². The van der Waals surface area contributed by atoms with Crippen LogP contribution in [0.5, 0.6) is 0 Å². The standard InChI is InChI=1S/C27H27N7O2/c1-18-8-6-13-34-24(18)31-25-22(27(34)36)16-21(26(35)30-19(2)20-9-4-3-5-10-20)23(28)33(25)14-7-12-32-15-11-29-17-32/h3-6,8-11,13,15-17,19,28H,7,12,14H2,1-2H3,(H,30,35)/t19-/m0/s1. The minimum absolute atomic E-state index is 0.0238. The van der Waals surface area contributed by atoms with E-state index in [4.69, 9.17) is 10.4 Å². The molecule has 0 saturated carbocycles. The van der Waals surface area contributed by atoms with Crippen LogP contribution in [0, 0.1) is 12.3 Å². The van der Waals surface area contributed by atoms with E-state index in [1.54, 1.807) is 29.4 Å². The Hall–Kier alpha value is -4.53. The maximum absolute atomic E-state index is 13.5. The molecule has 0 aliphatic heterocycles. The number of amides is 1. The number of hydrogen-bond acceptors (Lipinski definition) is 5. The molecule has 0 fully saturated rings. The third-order valence-corrected chi connectivity index (χ3v) is 6.38. The average molecular weight is 482 g/mol. The number of pyridine rings is 2. The minimum Gasteiger partial charge on any atom is -0.345 e. The third-order valence-electron chi connectivity index (χ3n) is 6.38. The molecule has 4 heterocycles. The molecule has 0 unspecified atom stereocenters. The summed E-state index contributed by atoms with van der Waals surface area (Å²) in [5, 5.41) is 12.2. The van der Waals surface area contributed by atoms with Crippen LogP contribution in [-0.4, -0.2) is 29.4 Å². The van der Waals surface area contributed by atoms with Crippen molar-refractivity contribution < 1.29 is 4.79 Å². The molecule has 5 rings (SSSR count). The van der Waals surface area contributed by atoms with Crippen LogP contribution in [0.3, 0.4) is 0 Å². The van der Waals surface area contributed by atoms with Crippen molar-refractivity contribution in [2.24, 2.45) is 0 Å². The first kappa shape index (κ1) is 23.2. The molecule has 1 amide bonds. The summed E-state index contributed by atoms with van der Waals surface area (Å²) >= 11 is 0. The second-order valence-corrected chi connectivity index (χ2v) is 8.86. The summed E-state index contributed by atoms with van der Waals surface area (Å²) in [5.41, 5.74) is 2.63. The first-order chi connectivity index (χ1) is 17.4. The van der Waals surface area contributed by atoms with Gasteiger partial charge in [0.2, 0.25) is 0 Å². The van der Waals surface area contributed by atoms with E-state index in [9.17, 15) is 9.59 Å². The highest BCUT2D eigenvalue weighted by atomic mass is 16.2. The highest BCUT2D eigenvalue weighted by Gasteiger charge is 2.19. The second kappa shape index (κ2) is 9.61. The van der Waals surface area contributed by atoms with Gasteiger partial charge in [-0.05, 0) is 43.5 Å². The fraction of sp³-hybridized carbons (Fsp3) is 0.222. The molecular weight excluding hydrogens is 454 g/mol. The van der Waals surface area contributed by atoms with Gasteiger partial charge in [-0.25, -0.2) is 9.97 Å². The summed E-state index contributed by atoms with van der Waals surface area (Å²) in [5.74, 6) is -0.407. The zero-order valence-electron chi connectivity index (χ0n) is 20.2. The highest BCUT2D eigenvalue weighted by Crippen LogP contribution is 2.15. The molecule has 0 aliphatic carbocycles. The number of nitrogens with zero attached hydrogens (tertiary/aromatic N) is 5. The molecule has 0 aliphatic rings. The topological polar surface area (TPSA) is 110 Å². The fourth-order valence-electron chi connectivity index (χ4n) is 4.42. The summed E-state index contributed by atoms with van der Waals surface area (Å²) in [4.78, 5) is 35.7. The monoisotopic (exact) mass is 481 g/mol. The zero-order chi connectivity index (χ0) is 25.2. The Labute approximate surface area is 207 Å². The Morgan fingerprint density at radius 1 is 1.08 bits per heavy atom. The molecule has 0 saturated heterocycles. The first-order valence-corrected chi connectivity index (χ1v) is 11.9. The molecule has 5 aromatic rings. The van der Waals surface area contributed by atoms with Crippen molar-refractivity contribution >= 4 is 22.6 Å². The van der Waals surface area contributed by atoms with Crippen molar-refractivity contribution in [1.29, 1.82) is 5.41 Å². The van der Waals surface area contributed by atoms with Gasteiger partial charge in [-0.2, -0.15) is 0 Å². The highest BCUT2D eigenvalue weighted by molar-refractivity contribution is 5.97. The Kier molecular flexibility index (Phi) is 6.20. The van der Waals surface area contributed by atoms with Crippen LogP contribution >= 0.6 is 0 Å². The molecule has 0 bridgehead atoms. The zero-order valence-corrected chi connectivity index (χ0v) is 20.2. The van der Waals surface area contributed by atoms with Crippen LogP contribution in [0.4, 0.5) is 0 Å². The lowest BCUT2D eigenvalue weighted by Gasteiger charge is -2.17. The van der Waals surface area contributed by atoms with Crippen molar-refractivity contribution in [2.75, 3.05) is 0 Å². The Morgan fingerprint density at radius 3 is 2.64 bits per heavy atom. The lowest BCUT2D eigenvalue weighted by molar-refractivity contribution is 0.0937. The normalized spacial score (nSPS) is 12.2. The number of fused-ring (bicyclic) bond motifs is 2. The van der Waals surface area contributed by atoms with E-state index in [0.29, 0.717) is 36.2 Å². The Balaban J connectivity index is 1.61. The Morgan fingerprint density at radius 2 is 1.89 bits per heavy atom. The molecule has 9 heteroatoms. The summed E-state index contributed by atoms with van der Waals surface area (Å²) in [6.45, 7) is 4.88. The maximum atomic E-state index is 13.5. The SMILES string of the molecule is Cc1cccn2c(=O)c3cc(C(=O)N[C@@H](C)c4ccccc4)c(=N)n(CCCn4ccnc4)c3nc12. The fourth-order valence-corrected chi connectivity index (χ4v) is 4.42. The second-order valence-electron chi connectivity index (χ2n) is 8.86. The van der Waals surface area contributed by atoms with E-state index >= 15 is 0 Å². The molecule has 2 N–H and O–H groups in total. The van der Waals surface area contributed by atoms with Gasteiger partial charge in [-0.15, -0.1) is 0 Å². The molecule has 1 aromatic carbocycles. The van der Waals surface area contributed by atoms with Gasteiger partial charge in [-0.1, -0.05) is 36.4 Å². The molecule has 9 nitrogen and oxygen atoms in total. The van der Waals surface area contributed by atoms with E-state index in [1.165, 1.54) is 10.5 Å². The quantitative estimate of drug-likeness (QED) is 0.348. The van der Waals surface area contributed by atoms with Gasteiger partial charge in [0.05, 0.1) is 23.3 Å². The van der Waals surface area contributed by atoms with Crippen molar-refractivity contribution in [3.8, 4) is 0 Å². The van der Waals surface area contributed by atoms with Crippen LogP contribution in [0.2, 0.25) is 0 Å². The molecule has 1 atom stereocenters. The van der Waals surface area contributed by atoms with Crippen molar-refractivity contribution in [3.05, 3.63) is 106 Å². The van der Waals surface area contributed by atoms with E-state index in [1.807, 2.05) is 61.0 Å². The number of benzene rings is 1. The van der Waals surface area contributed by atoms with Gasteiger partial charge in [0.1, 0.15) is 16.8 Å². The molecule has 0 spiro atoms. The van der Waals surface area contributed by atoms with E-state index in [0.717, 1.165) is 11.1 Å². The average Bonchev–Trinajstić information content (AvgIpc) is 3.40. The molecular formula is C27H27N7O2. The summed E-state index contributed by atoms with van der Waals surface area (Å²) in [7, 11) is 0. The minimum atomic E-state index is -0.407. The first-order valence-electron chi connectivity index (χ1n) is 11.9. The van der Waals surface area contributed by atoms with Crippen molar-refractivity contribution in [2.45, 2.75) is 39.4 Å². The maximum Gasteiger partial charge on any atom is 0.267 e. The third kappa shape index (κ3) is 4.31. The van der Waals surface area contributed by atoms with Gasteiger partial charge in [0.25, 0.3) is 11.5 Å². The van der Waals surface area contributed by atoms with Crippen LogP contribution in [0.15, 0.2) is 78.2 Å². The number of nitrogens with one attached hydrogen (secondary N) is 2. The molecule has 182 valence electrons. The van der Waals surface area contributed by atoms with E-state index < -0.39 is 5.91 Å². The number of aryl methyl sites for hydroxylation is 3. The van der Waals surface area contributed by atoms with Crippen molar-refractivity contribution in [1.82, 2.24) is 28.8 Å². The summed E-state index contributed by atoms with van der Waals surface area (Å²) in [6.07, 6.45) is 7.67. The van der Waals surface area contributed by atoms with Gasteiger partial charge in [-0.3, -0.25) is 19.4 Å². The summed E-state index contributed by atoms with van der Waals surface area (Å²) < 4.78 is 5.11. The van der Waals surface area contributed by atoms with Crippen LogP contribution < -0.4 is 16.4 Å². The molecule has 4 aromatic heterocycles. The number of carbonyl (C=O) groups is 1. The largest absolute Gasteiger partial charge is 0.345 e. The smallest absolute Gasteiger partial charge is 0.267 e. The van der Waals surface area contributed by atoms with Gasteiger partial charge in [0.15, 0.2) is 0 Å². The summed E-state index contributed by atoms with van der Waals surface area (Å²) in [6, 6.07) is 14.6.